The van der Waals surface area contributed by atoms with Crippen LogP contribution in [-0.4, -0.2) is 99.6 Å². The number of hydrogen-bond donors (Lipinski definition) is 6. The number of nitrogens with one attached hydrogen (secondary N) is 1. The molecule has 1 saturated heterocycles. The summed E-state index contributed by atoms with van der Waals surface area (Å²) in [5.41, 5.74) is 0. The number of unbranched alkanes of at least 4 members (excludes halogenated alkanes) is 30. The van der Waals surface area contributed by atoms with E-state index >= 15 is 0 Å². The normalized spacial score (nSPS) is 19.2. The fraction of sp³-hybridized carbons (Fsp3) is 0.771. The van der Waals surface area contributed by atoms with Gasteiger partial charge in [-0.2, -0.15) is 0 Å². The van der Waals surface area contributed by atoms with Gasteiger partial charge in [0.05, 0.1) is 25.4 Å². The van der Waals surface area contributed by atoms with Gasteiger partial charge in [0.25, 0.3) is 0 Å². The van der Waals surface area contributed by atoms with Crippen molar-refractivity contribution in [1.82, 2.24) is 5.32 Å². The summed E-state index contributed by atoms with van der Waals surface area (Å²) in [6, 6.07) is -1.04. The Balaban J connectivity index is 2.61. The molecule has 0 aromatic rings. The van der Waals surface area contributed by atoms with Gasteiger partial charge in [0.1, 0.15) is 24.4 Å². The van der Waals surface area contributed by atoms with Crippen molar-refractivity contribution in [3.05, 3.63) is 85.1 Å². The van der Waals surface area contributed by atoms with Crippen LogP contribution in [0.15, 0.2) is 85.1 Å². The minimum Gasteiger partial charge on any atom is -0.454 e. The highest BCUT2D eigenvalue weighted by atomic mass is 16.7. The topological polar surface area (TPSA) is 175 Å². The lowest BCUT2D eigenvalue weighted by Gasteiger charge is -2.41. The van der Waals surface area contributed by atoms with Crippen molar-refractivity contribution in [3.63, 3.8) is 0 Å². The van der Waals surface area contributed by atoms with E-state index in [4.69, 9.17) is 14.2 Å². The van der Waals surface area contributed by atoms with Crippen LogP contribution in [0.2, 0.25) is 0 Å². The second kappa shape index (κ2) is 57.3. The van der Waals surface area contributed by atoms with Gasteiger partial charge in [-0.3, -0.25) is 9.59 Å². The van der Waals surface area contributed by atoms with Crippen molar-refractivity contribution in [2.75, 3.05) is 13.2 Å². The second-order valence-electron chi connectivity index (χ2n) is 22.8. The molecule has 0 aliphatic carbocycles. The van der Waals surface area contributed by atoms with Crippen LogP contribution in [0.1, 0.15) is 284 Å². The molecule has 1 fully saturated rings. The Hall–Kier alpha value is -3.16. The van der Waals surface area contributed by atoms with Gasteiger partial charge in [-0.15, -0.1) is 0 Å². The van der Waals surface area contributed by atoms with E-state index in [1.165, 1.54) is 154 Å². The highest BCUT2D eigenvalue weighted by Gasteiger charge is 2.47. The van der Waals surface area contributed by atoms with E-state index in [0.29, 0.717) is 19.3 Å². The molecule has 0 saturated carbocycles. The molecule has 0 radical (unpaired) electrons. The Kier molecular flexibility index (Phi) is 53.6. The van der Waals surface area contributed by atoms with Gasteiger partial charge in [-0.25, -0.2) is 0 Å². The van der Waals surface area contributed by atoms with Gasteiger partial charge in [0.2, 0.25) is 5.91 Å². The van der Waals surface area contributed by atoms with Gasteiger partial charge in [-0.1, -0.05) is 273 Å². The van der Waals surface area contributed by atoms with E-state index in [1.807, 2.05) is 18.2 Å². The average molecular weight is 1140 g/mol. The maximum atomic E-state index is 13.5. The zero-order valence-electron chi connectivity index (χ0n) is 51.9. The van der Waals surface area contributed by atoms with Crippen LogP contribution in [-0.2, 0) is 23.8 Å². The number of carbonyl (C=O) groups is 2. The molecule has 1 aliphatic heterocycles. The minimum absolute atomic E-state index is 0.0429. The summed E-state index contributed by atoms with van der Waals surface area (Å²) >= 11 is 0. The van der Waals surface area contributed by atoms with E-state index in [-0.39, 0.29) is 19.4 Å². The fourth-order valence-corrected chi connectivity index (χ4v) is 10.0. The highest BCUT2D eigenvalue weighted by molar-refractivity contribution is 5.80. The molecule has 0 aromatic heterocycles. The van der Waals surface area contributed by atoms with Crippen LogP contribution in [0.5, 0.6) is 0 Å². The molecule has 0 aromatic carbocycles. The minimum atomic E-state index is -1.64. The highest BCUT2D eigenvalue weighted by Crippen LogP contribution is 2.26. The second-order valence-corrected chi connectivity index (χ2v) is 22.8. The quantitative estimate of drug-likeness (QED) is 0.0195. The standard InChI is InChI=1S/C70H123NO10/c1-4-7-10-13-16-19-22-24-26-28-29-30-31-32-33-34-36-37-39-42-45-48-51-54-57-63(74)69(78)71-61(62(73)56-53-50-47-44-41-21-18-15-12-9-6-3)60-79-70-68(67(77)66(76)64(59-72)80-70)81-65(75)58-55-52-49-46-43-40-38-35-27-25-23-20-17-14-11-8-5-2/h8,11,17,20,24-27,38,40,46,49,53,56,61-64,66-68,70,72-74,76-77H,4-7,9-10,12-16,18-19,21-23,28-37,39,41-45,47-48,50-52,54-55,57-60H2,1-3H3,(H,71,78)/b11-8-,20-17-,26-24+,27-25-,40-38-,49-46-,56-53+. The van der Waals surface area contributed by atoms with E-state index in [9.17, 15) is 35.1 Å². The number of amides is 1. The van der Waals surface area contributed by atoms with Crippen molar-refractivity contribution >= 4 is 11.9 Å². The smallest absolute Gasteiger partial charge is 0.306 e. The molecule has 0 bridgehead atoms. The fourth-order valence-electron chi connectivity index (χ4n) is 10.0. The molecule has 1 heterocycles. The predicted molar refractivity (Wildman–Crippen MR) is 338 cm³/mol. The number of hydrogen-bond acceptors (Lipinski definition) is 10. The molecule has 81 heavy (non-hydrogen) atoms. The van der Waals surface area contributed by atoms with Crippen LogP contribution >= 0.6 is 0 Å². The molecule has 1 aliphatic rings. The number of carbonyl (C=O) groups excluding carboxylic acids is 2. The summed E-state index contributed by atoms with van der Waals surface area (Å²) < 4.78 is 17.6. The molecular formula is C70H123NO10. The van der Waals surface area contributed by atoms with Crippen LogP contribution in [0.3, 0.4) is 0 Å². The summed E-state index contributed by atoms with van der Waals surface area (Å²) in [5.74, 6) is -1.25. The van der Waals surface area contributed by atoms with Crippen LogP contribution in [0.4, 0.5) is 0 Å². The van der Waals surface area contributed by atoms with Gasteiger partial charge >= 0.3 is 5.97 Å². The third-order valence-corrected chi connectivity index (χ3v) is 15.3. The van der Waals surface area contributed by atoms with Crippen LogP contribution in [0, 0.1) is 0 Å². The molecule has 0 spiro atoms. The van der Waals surface area contributed by atoms with Crippen LogP contribution < -0.4 is 5.32 Å². The van der Waals surface area contributed by atoms with Gasteiger partial charge in [0, 0.05) is 6.42 Å². The maximum Gasteiger partial charge on any atom is 0.306 e. The first-order valence-corrected chi connectivity index (χ1v) is 33.4. The molecule has 8 unspecified atom stereocenters. The van der Waals surface area contributed by atoms with E-state index in [1.54, 1.807) is 6.08 Å². The summed E-state index contributed by atoms with van der Waals surface area (Å²) in [5, 5.41) is 57.0. The number of rotatable bonds is 56. The first-order valence-electron chi connectivity index (χ1n) is 33.4. The Labute approximate surface area is 495 Å². The molecule has 1 rings (SSSR count). The average Bonchev–Trinajstić information content (AvgIpc) is 3.52. The Morgan fingerprint density at radius 1 is 0.494 bits per heavy atom. The molecule has 11 heteroatoms. The summed E-state index contributed by atoms with van der Waals surface area (Å²) in [4.78, 5) is 26.6. The van der Waals surface area contributed by atoms with Gasteiger partial charge in [0.15, 0.2) is 12.4 Å². The lowest BCUT2D eigenvalue weighted by Crippen LogP contribution is -2.61. The number of aliphatic hydroxyl groups excluding tert-OH is 5. The molecule has 1 amide bonds. The number of aliphatic hydroxyl groups is 5. The first kappa shape index (κ1) is 75.9. The van der Waals surface area contributed by atoms with Crippen molar-refractivity contribution in [3.8, 4) is 0 Å². The maximum absolute atomic E-state index is 13.5. The van der Waals surface area contributed by atoms with Crippen molar-refractivity contribution in [1.29, 1.82) is 0 Å². The van der Waals surface area contributed by atoms with Crippen molar-refractivity contribution < 1.29 is 49.3 Å². The third-order valence-electron chi connectivity index (χ3n) is 15.3. The lowest BCUT2D eigenvalue weighted by molar-refractivity contribution is -0.305. The van der Waals surface area contributed by atoms with E-state index < -0.39 is 67.4 Å². The monoisotopic (exact) mass is 1140 g/mol. The number of allylic oxidation sites excluding steroid dienone is 13. The van der Waals surface area contributed by atoms with Gasteiger partial charge in [-0.05, 0) is 89.9 Å². The van der Waals surface area contributed by atoms with Crippen molar-refractivity contribution in [2.24, 2.45) is 0 Å². The van der Waals surface area contributed by atoms with Gasteiger partial charge < -0.3 is 45.1 Å². The third kappa shape index (κ3) is 45.0. The lowest BCUT2D eigenvalue weighted by atomic mass is 9.99. The summed E-state index contributed by atoms with van der Waals surface area (Å²) in [7, 11) is 0. The Bertz CT molecular complexity index is 1640. The molecule has 11 nitrogen and oxygen atoms in total. The molecule has 6 N–H and O–H groups in total. The number of ether oxygens (including phenoxy) is 3. The molecule has 468 valence electrons. The van der Waals surface area contributed by atoms with Crippen molar-refractivity contribution in [2.45, 2.75) is 333 Å². The summed E-state index contributed by atoms with van der Waals surface area (Å²) in [6.45, 7) is 5.65. The molecular weight excluding hydrogens is 1010 g/mol. The first-order chi connectivity index (χ1) is 39.7. The molecule has 8 atom stereocenters. The Morgan fingerprint density at radius 2 is 0.889 bits per heavy atom. The SMILES string of the molecule is CC/C=C\C/C=C\C/C=C\C/C=C\C/C=C\CCCC(=O)OC1C(OCC(NC(=O)C(O)CCCCCCCCCCCCCCCC/C=C/CCCCCCCC)C(O)/C=C/CCCCCCCCCCC)OC(CO)C(O)C1O. The summed E-state index contributed by atoms with van der Waals surface area (Å²) in [6.07, 6.45) is 65.0. The van der Waals surface area contributed by atoms with E-state index in [2.05, 4.69) is 86.8 Å². The van der Waals surface area contributed by atoms with Crippen LogP contribution in [0.25, 0.3) is 0 Å². The predicted octanol–water partition coefficient (Wildman–Crippen LogP) is 16.5. The Morgan fingerprint density at radius 3 is 1.35 bits per heavy atom. The zero-order chi connectivity index (χ0) is 58.9. The largest absolute Gasteiger partial charge is 0.454 e. The van der Waals surface area contributed by atoms with E-state index in [0.717, 1.165) is 77.0 Å². The number of esters is 1. The zero-order valence-corrected chi connectivity index (χ0v) is 51.9.